The van der Waals surface area contributed by atoms with Crippen LogP contribution in [-0.4, -0.2) is 32.0 Å². The first-order chi connectivity index (χ1) is 9.20. The second-order valence-corrected chi connectivity index (χ2v) is 4.47. The van der Waals surface area contributed by atoms with E-state index < -0.39 is 0 Å². The van der Waals surface area contributed by atoms with Gasteiger partial charge in [-0.05, 0) is 47.5 Å². The van der Waals surface area contributed by atoms with Crippen LogP contribution < -0.4 is 5.32 Å². The lowest BCUT2D eigenvalue weighted by Crippen LogP contribution is -2.11. The fourth-order valence-electron chi connectivity index (χ4n) is 1.71. The van der Waals surface area contributed by atoms with Gasteiger partial charge in [-0.1, -0.05) is 0 Å². The van der Waals surface area contributed by atoms with Gasteiger partial charge in [0.05, 0.1) is 5.69 Å². The van der Waals surface area contributed by atoms with Gasteiger partial charge in [-0.3, -0.25) is 4.79 Å². The summed E-state index contributed by atoms with van der Waals surface area (Å²) in [5, 5.41) is 13.9. The lowest BCUT2D eigenvalue weighted by molar-refractivity contribution is -0.116. The second kappa shape index (κ2) is 6.29. The van der Waals surface area contributed by atoms with Gasteiger partial charge in [0.25, 0.3) is 0 Å². The van der Waals surface area contributed by atoms with Gasteiger partial charge in [0.15, 0.2) is 0 Å². The Hall–Kier alpha value is -1.95. The van der Waals surface area contributed by atoms with Gasteiger partial charge in [-0.2, -0.15) is 0 Å². The maximum atomic E-state index is 11.6. The third-order valence-corrected chi connectivity index (χ3v) is 2.88. The first-order valence-corrected chi connectivity index (χ1v) is 6.44. The van der Waals surface area contributed by atoms with Crippen molar-refractivity contribution in [3.63, 3.8) is 0 Å². The maximum absolute atomic E-state index is 11.6. The van der Waals surface area contributed by atoms with Crippen molar-refractivity contribution in [2.75, 3.05) is 11.2 Å². The van der Waals surface area contributed by atoms with Gasteiger partial charge in [0.2, 0.25) is 5.91 Å². The largest absolute Gasteiger partial charge is 0.326 e. The van der Waals surface area contributed by atoms with Crippen LogP contribution in [0.2, 0.25) is 0 Å². The topological polar surface area (TPSA) is 72.7 Å². The van der Waals surface area contributed by atoms with Gasteiger partial charge < -0.3 is 5.32 Å². The lowest BCUT2D eigenvalue weighted by Gasteiger charge is -2.09. The molecule has 2 rings (SSSR count). The number of hydrogen-bond acceptors (Lipinski definition) is 4. The number of alkyl halides is 1. The quantitative estimate of drug-likeness (QED) is 0.849. The molecule has 0 spiro atoms. The molecular weight excluding hydrogens is 266 g/mol. The lowest BCUT2D eigenvalue weighted by atomic mass is 10.1. The third-order valence-electron chi connectivity index (χ3n) is 2.61. The monoisotopic (exact) mass is 279 g/mol. The predicted octanol–water partition coefficient (Wildman–Crippen LogP) is 1.93. The number of halogens is 1. The molecule has 1 heterocycles. The zero-order valence-corrected chi connectivity index (χ0v) is 11.3. The molecule has 2 aromatic rings. The zero-order valence-electron chi connectivity index (χ0n) is 10.5. The normalized spacial score (nSPS) is 10.4. The molecule has 0 radical (unpaired) electrons. The maximum Gasteiger partial charge on any atom is 0.224 e. The van der Waals surface area contributed by atoms with Gasteiger partial charge in [0.1, 0.15) is 6.33 Å². The number of carbonyl (C=O) groups excluding carboxylic acids is 1. The van der Waals surface area contributed by atoms with Crippen molar-refractivity contribution in [3.8, 4) is 5.69 Å². The third kappa shape index (κ3) is 3.51. The molecule has 0 saturated carbocycles. The fourth-order valence-corrected chi connectivity index (χ4v) is 1.85. The predicted molar refractivity (Wildman–Crippen MR) is 72.5 cm³/mol. The van der Waals surface area contributed by atoms with Crippen LogP contribution >= 0.6 is 11.6 Å². The van der Waals surface area contributed by atoms with Crippen molar-refractivity contribution in [3.05, 3.63) is 30.1 Å². The van der Waals surface area contributed by atoms with E-state index in [2.05, 4.69) is 20.8 Å². The summed E-state index contributed by atoms with van der Waals surface area (Å²) in [6.45, 7) is 1.94. The highest BCUT2D eigenvalue weighted by Gasteiger charge is 2.06. The standard InChI is InChI=1S/C12H14ClN5O/c1-9-7-10(15-12(19)3-2-6-13)4-5-11(9)18-8-14-16-17-18/h4-5,7-8H,2-3,6H2,1H3,(H,15,19). The molecule has 0 bridgehead atoms. The van der Waals surface area contributed by atoms with E-state index in [1.807, 2.05) is 25.1 Å². The molecule has 7 heteroatoms. The molecule has 0 atom stereocenters. The van der Waals surface area contributed by atoms with Crippen LogP contribution in [0.15, 0.2) is 24.5 Å². The first kappa shape index (κ1) is 13.5. The van der Waals surface area contributed by atoms with Gasteiger partial charge in [-0.15, -0.1) is 16.7 Å². The minimum atomic E-state index is -0.0322. The summed E-state index contributed by atoms with van der Waals surface area (Å²) in [7, 11) is 0. The van der Waals surface area contributed by atoms with Crippen LogP contribution in [0, 0.1) is 6.92 Å². The SMILES string of the molecule is Cc1cc(NC(=O)CCCCl)ccc1-n1cnnn1. The summed E-state index contributed by atoms with van der Waals surface area (Å²) in [4.78, 5) is 11.6. The number of nitrogens with one attached hydrogen (secondary N) is 1. The van der Waals surface area contributed by atoms with Crippen molar-refractivity contribution in [2.24, 2.45) is 0 Å². The Balaban J connectivity index is 2.09. The van der Waals surface area contributed by atoms with Crippen LogP contribution in [0.25, 0.3) is 5.69 Å². The van der Waals surface area contributed by atoms with Crippen LogP contribution in [0.5, 0.6) is 0 Å². The number of aryl methyl sites for hydroxylation is 1. The minimum absolute atomic E-state index is 0.0322. The zero-order chi connectivity index (χ0) is 13.7. The number of benzene rings is 1. The van der Waals surface area contributed by atoms with E-state index in [4.69, 9.17) is 11.6 Å². The van der Waals surface area contributed by atoms with E-state index in [0.29, 0.717) is 18.7 Å². The molecule has 0 aliphatic heterocycles. The Morgan fingerprint density at radius 3 is 2.95 bits per heavy atom. The summed E-state index contributed by atoms with van der Waals surface area (Å²) in [5.74, 6) is 0.459. The first-order valence-electron chi connectivity index (χ1n) is 5.90. The number of nitrogens with zero attached hydrogens (tertiary/aromatic N) is 4. The summed E-state index contributed by atoms with van der Waals surface area (Å²) in [5.41, 5.74) is 2.61. The Labute approximate surface area is 115 Å². The number of anilines is 1. The molecule has 1 amide bonds. The molecule has 1 aromatic carbocycles. The van der Waals surface area contributed by atoms with E-state index in [9.17, 15) is 4.79 Å². The van der Waals surface area contributed by atoms with Gasteiger partial charge >= 0.3 is 0 Å². The summed E-state index contributed by atoms with van der Waals surface area (Å²) in [6, 6.07) is 5.57. The van der Waals surface area contributed by atoms with Crippen LogP contribution in [0.4, 0.5) is 5.69 Å². The van der Waals surface area contributed by atoms with E-state index in [-0.39, 0.29) is 5.91 Å². The van der Waals surface area contributed by atoms with E-state index in [0.717, 1.165) is 16.9 Å². The molecule has 0 fully saturated rings. The average molecular weight is 280 g/mol. The molecular formula is C12H14ClN5O. The van der Waals surface area contributed by atoms with E-state index in [1.54, 1.807) is 4.68 Å². The molecule has 0 aliphatic rings. The Bertz CT molecular complexity index is 555. The minimum Gasteiger partial charge on any atom is -0.326 e. The van der Waals surface area contributed by atoms with E-state index >= 15 is 0 Å². The smallest absolute Gasteiger partial charge is 0.224 e. The average Bonchev–Trinajstić information content (AvgIpc) is 2.90. The highest BCUT2D eigenvalue weighted by Crippen LogP contribution is 2.18. The number of aromatic nitrogens is 4. The molecule has 1 N–H and O–H groups in total. The van der Waals surface area contributed by atoms with Crippen molar-refractivity contribution in [2.45, 2.75) is 19.8 Å². The Morgan fingerprint density at radius 2 is 2.32 bits per heavy atom. The number of amides is 1. The Morgan fingerprint density at radius 1 is 1.47 bits per heavy atom. The number of tetrazole rings is 1. The summed E-state index contributed by atoms with van der Waals surface area (Å²) in [6.07, 6.45) is 2.63. The highest BCUT2D eigenvalue weighted by molar-refractivity contribution is 6.18. The molecule has 0 saturated heterocycles. The molecule has 19 heavy (non-hydrogen) atoms. The van der Waals surface area contributed by atoms with Crippen molar-refractivity contribution in [1.82, 2.24) is 20.2 Å². The van der Waals surface area contributed by atoms with Crippen LogP contribution in [-0.2, 0) is 4.79 Å². The van der Waals surface area contributed by atoms with Crippen LogP contribution in [0.3, 0.4) is 0 Å². The summed E-state index contributed by atoms with van der Waals surface area (Å²) < 4.78 is 1.58. The Kier molecular flexibility index (Phi) is 4.46. The van der Waals surface area contributed by atoms with Gasteiger partial charge in [-0.25, -0.2) is 4.68 Å². The number of rotatable bonds is 5. The molecule has 1 aromatic heterocycles. The number of carbonyl (C=O) groups is 1. The van der Waals surface area contributed by atoms with Crippen molar-refractivity contribution in [1.29, 1.82) is 0 Å². The summed E-state index contributed by atoms with van der Waals surface area (Å²) >= 11 is 5.55. The molecule has 100 valence electrons. The van der Waals surface area contributed by atoms with Crippen molar-refractivity contribution >= 4 is 23.2 Å². The number of hydrogen-bond donors (Lipinski definition) is 1. The van der Waals surface area contributed by atoms with Crippen LogP contribution in [0.1, 0.15) is 18.4 Å². The molecule has 0 aliphatic carbocycles. The highest BCUT2D eigenvalue weighted by atomic mass is 35.5. The fraction of sp³-hybridized carbons (Fsp3) is 0.333. The molecule has 0 unspecified atom stereocenters. The molecule has 6 nitrogen and oxygen atoms in total. The second-order valence-electron chi connectivity index (χ2n) is 4.10. The van der Waals surface area contributed by atoms with Gasteiger partial charge in [0, 0.05) is 18.0 Å². The van der Waals surface area contributed by atoms with E-state index in [1.165, 1.54) is 6.33 Å². The van der Waals surface area contributed by atoms with Crippen molar-refractivity contribution < 1.29 is 4.79 Å².